The Bertz CT molecular complexity index is 754. The van der Waals surface area contributed by atoms with Crippen molar-refractivity contribution in [2.45, 2.75) is 37.8 Å². The van der Waals surface area contributed by atoms with Gasteiger partial charge in [0.25, 0.3) is 0 Å². The quantitative estimate of drug-likeness (QED) is 0.814. The molecule has 1 aliphatic carbocycles. The van der Waals surface area contributed by atoms with Crippen LogP contribution in [0.3, 0.4) is 0 Å². The van der Waals surface area contributed by atoms with Crippen molar-refractivity contribution in [3.63, 3.8) is 0 Å². The predicted octanol–water partition coefficient (Wildman–Crippen LogP) is 5.06. The number of hydrogen-bond donors (Lipinski definition) is 1. The lowest BCUT2D eigenvalue weighted by atomic mass is 9.67. The van der Waals surface area contributed by atoms with E-state index in [-0.39, 0.29) is 6.04 Å². The third-order valence-corrected chi connectivity index (χ3v) is 5.84. The summed E-state index contributed by atoms with van der Waals surface area (Å²) in [4.78, 5) is 2.17. The predicted molar refractivity (Wildman–Crippen MR) is 110 cm³/mol. The summed E-state index contributed by atoms with van der Waals surface area (Å²) in [5.41, 5.74) is 2.48. The van der Waals surface area contributed by atoms with Crippen LogP contribution in [0.15, 0.2) is 60.2 Å². The van der Waals surface area contributed by atoms with Gasteiger partial charge in [-0.05, 0) is 61.7 Å². The van der Waals surface area contributed by atoms with E-state index in [1.165, 1.54) is 0 Å². The maximum Gasteiger partial charge on any atom is 0.106 e. The smallest absolute Gasteiger partial charge is 0.106 e. The number of nitrogens with zero attached hydrogens (tertiary/aromatic N) is 1. The van der Waals surface area contributed by atoms with Crippen LogP contribution in [0.1, 0.15) is 30.9 Å². The van der Waals surface area contributed by atoms with Crippen LogP contribution in [0, 0.1) is 5.92 Å². The first-order chi connectivity index (χ1) is 12.4. The molecule has 3 atom stereocenters. The molecule has 138 valence electrons. The highest BCUT2D eigenvalue weighted by molar-refractivity contribution is 6.30. The third kappa shape index (κ3) is 4.03. The van der Waals surface area contributed by atoms with Gasteiger partial charge < -0.3 is 10.0 Å². The number of aliphatic hydroxyl groups is 1. The van der Waals surface area contributed by atoms with Gasteiger partial charge in [0.1, 0.15) is 5.60 Å². The fraction of sp³-hybridized carbons (Fsp3) is 0.391. The minimum atomic E-state index is -0.887. The Balaban J connectivity index is 2.05. The minimum Gasteiger partial charge on any atom is -0.383 e. The molecule has 0 aromatic heterocycles. The zero-order valence-corrected chi connectivity index (χ0v) is 16.6. The van der Waals surface area contributed by atoms with Gasteiger partial charge >= 0.3 is 0 Å². The molecule has 1 saturated carbocycles. The van der Waals surface area contributed by atoms with Gasteiger partial charge in [0.15, 0.2) is 0 Å². The molecule has 0 aliphatic heterocycles. The summed E-state index contributed by atoms with van der Waals surface area (Å²) in [5.74, 6) is 0.343. The van der Waals surface area contributed by atoms with E-state index < -0.39 is 5.60 Å². The average Bonchev–Trinajstić information content (AvgIpc) is 2.60. The van der Waals surface area contributed by atoms with E-state index in [2.05, 4.69) is 44.1 Å². The second kappa shape index (κ2) is 7.96. The van der Waals surface area contributed by atoms with Crippen LogP contribution in [0.25, 0.3) is 6.08 Å². The largest absolute Gasteiger partial charge is 0.383 e. The van der Waals surface area contributed by atoms with Crippen molar-refractivity contribution >= 4 is 17.7 Å². The van der Waals surface area contributed by atoms with Crippen molar-refractivity contribution in [3.05, 3.63) is 76.3 Å². The van der Waals surface area contributed by atoms with Gasteiger partial charge in [-0.15, -0.1) is 0 Å². The van der Waals surface area contributed by atoms with Gasteiger partial charge in [-0.1, -0.05) is 67.1 Å². The van der Waals surface area contributed by atoms with E-state index in [9.17, 15) is 5.11 Å². The zero-order valence-electron chi connectivity index (χ0n) is 15.8. The molecule has 2 aromatic carbocycles. The molecule has 0 spiro atoms. The first kappa shape index (κ1) is 19.2. The lowest BCUT2D eigenvalue weighted by Crippen LogP contribution is -2.56. The second-order valence-electron chi connectivity index (χ2n) is 7.70. The zero-order chi connectivity index (χ0) is 18.7. The summed E-state index contributed by atoms with van der Waals surface area (Å²) in [5, 5.41) is 12.7. The number of rotatable bonds is 4. The third-order valence-electron chi connectivity index (χ3n) is 5.59. The molecule has 3 heteroatoms. The SMILES string of the molecule is CC1CCC(N(C)C)C(O)(Cc2ccccc2)C1=Cc1ccc(Cl)cc1. The highest BCUT2D eigenvalue weighted by Crippen LogP contribution is 2.42. The summed E-state index contributed by atoms with van der Waals surface area (Å²) >= 11 is 6.03. The molecule has 0 saturated heterocycles. The molecule has 2 aromatic rings. The molecular formula is C23H28ClNO. The van der Waals surface area contributed by atoms with Crippen molar-refractivity contribution in [1.29, 1.82) is 0 Å². The van der Waals surface area contributed by atoms with Gasteiger partial charge in [0.05, 0.1) is 0 Å². The molecule has 0 amide bonds. The van der Waals surface area contributed by atoms with E-state index in [1.54, 1.807) is 0 Å². The van der Waals surface area contributed by atoms with Crippen molar-refractivity contribution in [2.75, 3.05) is 14.1 Å². The minimum absolute atomic E-state index is 0.0949. The van der Waals surface area contributed by atoms with Gasteiger partial charge in [0, 0.05) is 17.5 Å². The van der Waals surface area contributed by atoms with Gasteiger partial charge in [-0.2, -0.15) is 0 Å². The Labute approximate surface area is 162 Å². The summed E-state index contributed by atoms with van der Waals surface area (Å²) in [6.45, 7) is 2.23. The molecule has 1 aliphatic rings. The van der Waals surface area contributed by atoms with E-state index in [0.29, 0.717) is 12.3 Å². The van der Waals surface area contributed by atoms with Crippen molar-refractivity contribution in [1.82, 2.24) is 4.90 Å². The second-order valence-corrected chi connectivity index (χ2v) is 8.13. The molecule has 2 nitrogen and oxygen atoms in total. The lowest BCUT2D eigenvalue weighted by Gasteiger charge is -2.48. The van der Waals surface area contributed by atoms with Crippen molar-refractivity contribution < 1.29 is 5.11 Å². The highest BCUT2D eigenvalue weighted by atomic mass is 35.5. The first-order valence-electron chi connectivity index (χ1n) is 9.30. The lowest BCUT2D eigenvalue weighted by molar-refractivity contribution is -0.0284. The molecule has 3 unspecified atom stereocenters. The average molecular weight is 370 g/mol. The van der Waals surface area contributed by atoms with E-state index in [1.807, 2.05) is 42.5 Å². The van der Waals surface area contributed by atoms with Crippen LogP contribution in [0.5, 0.6) is 0 Å². The van der Waals surface area contributed by atoms with Crippen LogP contribution >= 0.6 is 11.6 Å². The number of hydrogen-bond acceptors (Lipinski definition) is 2. The number of benzene rings is 2. The van der Waals surface area contributed by atoms with Crippen LogP contribution in [0.4, 0.5) is 0 Å². The Morgan fingerprint density at radius 2 is 1.73 bits per heavy atom. The summed E-state index contributed by atoms with van der Waals surface area (Å²) in [6, 6.07) is 18.2. The Morgan fingerprint density at radius 1 is 1.08 bits per heavy atom. The molecule has 1 N–H and O–H groups in total. The van der Waals surface area contributed by atoms with Crippen molar-refractivity contribution in [2.24, 2.45) is 5.92 Å². The fourth-order valence-corrected chi connectivity index (χ4v) is 4.37. The Morgan fingerprint density at radius 3 is 2.35 bits per heavy atom. The molecular weight excluding hydrogens is 342 g/mol. The molecule has 3 rings (SSSR count). The van der Waals surface area contributed by atoms with Crippen molar-refractivity contribution in [3.8, 4) is 0 Å². The standard InChI is InChI=1S/C23H28ClNO/c1-17-9-14-22(25(2)3)23(26,16-19-7-5-4-6-8-19)21(17)15-18-10-12-20(24)13-11-18/h4-8,10-13,15,17,22,26H,9,14,16H2,1-3H3. The van der Waals surface area contributed by atoms with Gasteiger partial charge in [-0.25, -0.2) is 0 Å². The molecule has 0 heterocycles. The normalized spacial score (nSPS) is 27.8. The van der Waals surface area contributed by atoms with Crippen LogP contribution in [-0.2, 0) is 6.42 Å². The van der Waals surface area contributed by atoms with Crippen LogP contribution in [0.2, 0.25) is 5.02 Å². The molecule has 0 radical (unpaired) electrons. The Hall–Kier alpha value is -1.61. The van der Waals surface area contributed by atoms with Crippen LogP contribution < -0.4 is 0 Å². The monoisotopic (exact) mass is 369 g/mol. The van der Waals surface area contributed by atoms with E-state index in [0.717, 1.165) is 34.6 Å². The van der Waals surface area contributed by atoms with Gasteiger partial charge in [-0.3, -0.25) is 0 Å². The topological polar surface area (TPSA) is 23.5 Å². The summed E-state index contributed by atoms with van der Waals surface area (Å²) in [6.07, 6.45) is 4.87. The first-order valence-corrected chi connectivity index (χ1v) is 9.68. The maximum atomic E-state index is 12.0. The highest BCUT2D eigenvalue weighted by Gasteiger charge is 2.46. The summed E-state index contributed by atoms with van der Waals surface area (Å²) in [7, 11) is 4.13. The van der Waals surface area contributed by atoms with Crippen LogP contribution in [-0.4, -0.2) is 35.7 Å². The molecule has 26 heavy (non-hydrogen) atoms. The number of likely N-dealkylation sites (N-methyl/N-ethyl adjacent to an activating group) is 1. The number of halogens is 1. The van der Waals surface area contributed by atoms with Gasteiger partial charge in [0.2, 0.25) is 0 Å². The van der Waals surface area contributed by atoms with E-state index in [4.69, 9.17) is 11.6 Å². The molecule has 1 fully saturated rings. The Kier molecular flexibility index (Phi) is 5.86. The maximum absolute atomic E-state index is 12.0. The fourth-order valence-electron chi connectivity index (χ4n) is 4.24. The summed E-state index contributed by atoms with van der Waals surface area (Å²) < 4.78 is 0. The van der Waals surface area contributed by atoms with E-state index >= 15 is 0 Å². The molecule has 0 bridgehead atoms.